The van der Waals surface area contributed by atoms with Crippen LogP contribution in [0.5, 0.6) is 0 Å². The van der Waals surface area contributed by atoms with Crippen LogP contribution in [0.2, 0.25) is 10.0 Å². The average Bonchev–Trinajstić information content (AvgIpc) is 3.11. The van der Waals surface area contributed by atoms with Crippen molar-refractivity contribution in [1.82, 2.24) is 20.1 Å². The Hall–Kier alpha value is -2.21. The van der Waals surface area contributed by atoms with Crippen molar-refractivity contribution in [2.45, 2.75) is 18.1 Å². The van der Waals surface area contributed by atoms with Gasteiger partial charge in [-0.05, 0) is 47.1 Å². The van der Waals surface area contributed by atoms with Gasteiger partial charge in [-0.15, -0.1) is 10.2 Å². The summed E-state index contributed by atoms with van der Waals surface area (Å²) in [5.74, 6) is -2.19. The molecule has 2 aromatic carbocycles. The van der Waals surface area contributed by atoms with Crippen molar-refractivity contribution >= 4 is 68.4 Å². The van der Waals surface area contributed by atoms with Crippen molar-refractivity contribution < 1.29 is 18.4 Å². The first-order valence-electron chi connectivity index (χ1n) is 9.29. The number of carbonyl (C=O) groups is 2. The molecular formula is C20H16BrCl2F2N5O2S. The van der Waals surface area contributed by atoms with Crippen LogP contribution in [-0.4, -0.2) is 32.3 Å². The SMILES string of the molecule is C[C@H](NC(=O)c1ccc(Cl)c(Cl)c1)c1nnc(SCC(=O)Nc2c(F)cc(F)cc2Br)n1C. The van der Waals surface area contributed by atoms with Gasteiger partial charge in [0.1, 0.15) is 5.82 Å². The molecule has 2 amide bonds. The third kappa shape index (κ3) is 6.23. The number of carbonyl (C=O) groups excluding carboxylic acids is 2. The Morgan fingerprint density at radius 1 is 1.18 bits per heavy atom. The number of aromatic nitrogens is 3. The summed E-state index contributed by atoms with van der Waals surface area (Å²) in [5, 5.41) is 14.3. The second-order valence-electron chi connectivity index (χ2n) is 6.81. The second kappa shape index (κ2) is 10.8. The standard InChI is InChI=1S/C20H16BrCl2F2N5O2S/c1-9(26-19(32)10-3-4-13(22)14(23)5-10)18-28-29-20(30(18)2)33-8-16(31)27-17-12(21)6-11(24)7-15(17)25/h3-7,9H,8H2,1-2H3,(H,26,32)(H,27,31)/t9-/m0/s1. The molecule has 0 spiro atoms. The van der Waals surface area contributed by atoms with Gasteiger partial charge in [0.05, 0.1) is 27.5 Å². The Bertz CT molecular complexity index is 1200. The van der Waals surface area contributed by atoms with Crippen molar-refractivity contribution in [2.75, 3.05) is 11.1 Å². The summed E-state index contributed by atoms with van der Waals surface area (Å²) in [7, 11) is 1.69. The van der Waals surface area contributed by atoms with Gasteiger partial charge in [0, 0.05) is 23.2 Å². The smallest absolute Gasteiger partial charge is 0.251 e. The van der Waals surface area contributed by atoms with Crippen molar-refractivity contribution in [3.8, 4) is 0 Å². The highest BCUT2D eigenvalue weighted by Gasteiger charge is 2.20. The fourth-order valence-corrected chi connectivity index (χ4v) is 4.30. The predicted octanol–water partition coefficient (Wildman–Crippen LogP) is 5.38. The Balaban J connectivity index is 1.61. The highest BCUT2D eigenvalue weighted by Crippen LogP contribution is 2.28. The van der Waals surface area contributed by atoms with Gasteiger partial charge in [0.25, 0.3) is 5.91 Å². The zero-order chi connectivity index (χ0) is 24.3. The van der Waals surface area contributed by atoms with Crippen LogP contribution >= 0.6 is 50.9 Å². The fourth-order valence-electron chi connectivity index (χ4n) is 2.78. The van der Waals surface area contributed by atoms with Crippen molar-refractivity contribution in [2.24, 2.45) is 7.05 Å². The average molecular weight is 579 g/mol. The molecule has 3 aromatic rings. The second-order valence-corrected chi connectivity index (χ2v) is 9.42. The molecule has 0 bridgehead atoms. The lowest BCUT2D eigenvalue weighted by molar-refractivity contribution is -0.113. The Morgan fingerprint density at radius 3 is 2.58 bits per heavy atom. The monoisotopic (exact) mass is 577 g/mol. The molecule has 0 fully saturated rings. The number of hydrogen-bond donors (Lipinski definition) is 2. The predicted molar refractivity (Wildman–Crippen MR) is 127 cm³/mol. The lowest BCUT2D eigenvalue weighted by Crippen LogP contribution is -2.28. The third-order valence-corrected chi connectivity index (χ3v) is 6.77. The summed E-state index contributed by atoms with van der Waals surface area (Å²) in [6.07, 6.45) is 0. The number of halogens is 5. The molecule has 7 nitrogen and oxygen atoms in total. The first-order valence-corrected chi connectivity index (χ1v) is 11.8. The molecule has 0 unspecified atom stereocenters. The Morgan fingerprint density at radius 2 is 1.91 bits per heavy atom. The van der Waals surface area contributed by atoms with Gasteiger partial charge < -0.3 is 15.2 Å². The molecule has 0 aliphatic rings. The summed E-state index contributed by atoms with van der Waals surface area (Å²) in [5.41, 5.74) is 0.183. The summed E-state index contributed by atoms with van der Waals surface area (Å²) in [4.78, 5) is 24.7. The van der Waals surface area contributed by atoms with Crippen LogP contribution < -0.4 is 10.6 Å². The van der Waals surface area contributed by atoms with Gasteiger partial charge in [-0.2, -0.15) is 0 Å². The van der Waals surface area contributed by atoms with Gasteiger partial charge in [-0.25, -0.2) is 8.78 Å². The van der Waals surface area contributed by atoms with Gasteiger partial charge >= 0.3 is 0 Å². The summed E-state index contributed by atoms with van der Waals surface area (Å²) in [6, 6.07) is 5.77. The van der Waals surface area contributed by atoms with E-state index >= 15 is 0 Å². The largest absolute Gasteiger partial charge is 0.342 e. The van der Waals surface area contributed by atoms with E-state index < -0.39 is 23.6 Å². The van der Waals surface area contributed by atoms with Crippen LogP contribution in [0, 0.1) is 11.6 Å². The van der Waals surface area contributed by atoms with E-state index in [-0.39, 0.29) is 26.8 Å². The maximum Gasteiger partial charge on any atom is 0.251 e. The van der Waals surface area contributed by atoms with Crippen LogP contribution in [0.15, 0.2) is 40.0 Å². The summed E-state index contributed by atoms with van der Waals surface area (Å²) >= 11 is 15.9. The maximum absolute atomic E-state index is 13.9. The number of anilines is 1. The van der Waals surface area contributed by atoms with Crippen LogP contribution in [0.4, 0.5) is 14.5 Å². The first kappa shape index (κ1) is 25.4. The molecule has 1 atom stereocenters. The highest BCUT2D eigenvalue weighted by molar-refractivity contribution is 9.10. The van der Waals surface area contributed by atoms with Gasteiger partial charge in [-0.1, -0.05) is 35.0 Å². The van der Waals surface area contributed by atoms with Crippen LogP contribution in [0.3, 0.4) is 0 Å². The van der Waals surface area contributed by atoms with Crippen LogP contribution in [0.25, 0.3) is 0 Å². The van der Waals surface area contributed by atoms with E-state index in [4.69, 9.17) is 23.2 Å². The molecule has 0 saturated carbocycles. The molecule has 33 heavy (non-hydrogen) atoms. The molecule has 1 aromatic heterocycles. The topological polar surface area (TPSA) is 88.9 Å². The number of rotatable bonds is 7. The minimum Gasteiger partial charge on any atom is -0.342 e. The van der Waals surface area contributed by atoms with Crippen molar-refractivity contribution in [1.29, 1.82) is 0 Å². The maximum atomic E-state index is 13.9. The van der Waals surface area contributed by atoms with E-state index in [0.29, 0.717) is 27.6 Å². The van der Waals surface area contributed by atoms with E-state index in [2.05, 4.69) is 36.8 Å². The molecule has 174 valence electrons. The third-order valence-electron chi connectivity index (χ3n) is 4.39. The number of benzene rings is 2. The zero-order valence-electron chi connectivity index (χ0n) is 17.1. The van der Waals surface area contributed by atoms with E-state index in [9.17, 15) is 18.4 Å². The van der Waals surface area contributed by atoms with E-state index in [1.165, 1.54) is 12.1 Å². The quantitative estimate of drug-likeness (QED) is 0.367. The highest BCUT2D eigenvalue weighted by atomic mass is 79.9. The number of nitrogens with one attached hydrogen (secondary N) is 2. The molecule has 1 heterocycles. The van der Waals surface area contributed by atoms with Crippen LogP contribution in [-0.2, 0) is 11.8 Å². The number of nitrogens with zero attached hydrogens (tertiary/aromatic N) is 3. The molecule has 0 aliphatic heterocycles. The molecule has 13 heteroatoms. The first-order chi connectivity index (χ1) is 15.6. The number of hydrogen-bond acceptors (Lipinski definition) is 5. The lowest BCUT2D eigenvalue weighted by atomic mass is 10.2. The molecule has 0 aliphatic carbocycles. The van der Waals surface area contributed by atoms with E-state index in [1.54, 1.807) is 24.6 Å². The summed E-state index contributed by atoms with van der Waals surface area (Å²) in [6.45, 7) is 1.73. The normalized spacial score (nSPS) is 11.8. The molecular weight excluding hydrogens is 563 g/mol. The van der Waals surface area contributed by atoms with Crippen molar-refractivity contribution in [3.63, 3.8) is 0 Å². The number of thioether (sulfide) groups is 1. The van der Waals surface area contributed by atoms with Gasteiger partial charge in [0.15, 0.2) is 16.8 Å². The Labute approximate surface area is 210 Å². The van der Waals surface area contributed by atoms with Crippen molar-refractivity contribution in [3.05, 3.63) is 67.9 Å². The molecule has 2 N–H and O–H groups in total. The van der Waals surface area contributed by atoms with Crippen LogP contribution in [0.1, 0.15) is 29.1 Å². The zero-order valence-corrected chi connectivity index (χ0v) is 21.0. The van der Waals surface area contributed by atoms with E-state index in [0.717, 1.165) is 17.8 Å². The molecule has 0 radical (unpaired) electrons. The van der Waals surface area contributed by atoms with Gasteiger partial charge in [0.2, 0.25) is 5.91 Å². The molecule has 3 rings (SSSR count). The minimum absolute atomic E-state index is 0.0887. The van der Waals surface area contributed by atoms with Gasteiger partial charge in [-0.3, -0.25) is 9.59 Å². The summed E-state index contributed by atoms with van der Waals surface area (Å²) < 4.78 is 28.8. The number of amides is 2. The minimum atomic E-state index is -0.896. The lowest BCUT2D eigenvalue weighted by Gasteiger charge is -2.14. The fraction of sp³-hybridized carbons (Fsp3) is 0.200. The Kier molecular flexibility index (Phi) is 8.33. The molecule has 0 saturated heterocycles. The van der Waals surface area contributed by atoms with E-state index in [1.807, 2.05) is 0 Å².